The van der Waals surface area contributed by atoms with E-state index in [9.17, 15) is 5.11 Å². The quantitative estimate of drug-likeness (QED) is 0.529. The number of aliphatic hydroxyl groups excluding tert-OH is 1. The molecule has 0 amide bonds. The molecule has 29 heavy (non-hydrogen) atoms. The summed E-state index contributed by atoms with van der Waals surface area (Å²) in [5.74, 6) is 1.32. The largest absolute Gasteiger partial charge is 0.493 e. The summed E-state index contributed by atoms with van der Waals surface area (Å²) in [6.45, 7) is 11.5. The molecule has 7 heteroatoms. The van der Waals surface area contributed by atoms with E-state index in [1.165, 1.54) is 5.69 Å². The number of rotatable bonds is 12. The minimum Gasteiger partial charge on any atom is -0.493 e. The highest BCUT2D eigenvalue weighted by Crippen LogP contribution is 2.28. The molecule has 162 valence electrons. The molecule has 1 aromatic carbocycles. The number of likely N-dealkylation sites (N-methyl/N-ethyl adjacent to an activating group) is 1. The van der Waals surface area contributed by atoms with Crippen molar-refractivity contribution in [3.63, 3.8) is 0 Å². The van der Waals surface area contributed by atoms with Gasteiger partial charge in [0.1, 0.15) is 12.7 Å². The van der Waals surface area contributed by atoms with E-state index in [1.54, 1.807) is 7.11 Å². The van der Waals surface area contributed by atoms with Gasteiger partial charge in [0.05, 0.1) is 19.3 Å². The molecular weight excluding hydrogens is 368 g/mol. The highest BCUT2D eigenvalue weighted by Gasteiger charge is 2.13. The molecule has 1 atom stereocenters. The lowest BCUT2D eigenvalue weighted by Crippen LogP contribution is -2.36. The van der Waals surface area contributed by atoms with E-state index < -0.39 is 6.10 Å². The van der Waals surface area contributed by atoms with Gasteiger partial charge in [-0.2, -0.15) is 5.10 Å². The van der Waals surface area contributed by atoms with Crippen molar-refractivity contribution in [3.8, 4) is 11.5 Å². The number of hydrogen-bond acceptors (Lipinski definition) is 6. The summed E-state index contributed by atoms with van der Waals surface area (Å²) in [5, 5.41) is 18.1. The smallest absolute Gasteiger partial charge is 0.161 e. The highest BCUT2D eigenvalue weighted by atomic mass is 16.5. The fourth-order valence-electron chi connectivity index (χ4n) is 3.04. The van der Waals surface area contributed by atoms with Gasteiger partial charge >= 0.3 is 0 Å². The number of benzene rings is 1. The SMILES string of the molecule is COc1cc(CNCCn2nc(C)cc2C)ccc1OC[C@@H](O)CN(C)C(C)C. The van der Waals surface area contributed by atoms with Crippen LogP contribution >= 0.6 is 0 Å². The van der Waals surface area contributed by atoms with Crippen molar-refractivity contribution in [2.45, 2.75) is 52.9 Å². The van der Waals surface area contributed by atoms with Crippen LogP contribution in [0.1, 0.15) is 30.8 Å². The van der Waals surface area contributed by atoms with Gasteiger partial charge in [0.25, 0.3) is 0 Å². The highest BCUT2D eigenvalue weighted by molar-refractivity contribution is 5.43. The number of ether oxygens (including phenoxy) is 2. The molecule has 2 rings (SSSR count). The molecule has 7 nitrogen and oxygen atoms in total. The third kappa shape index (κ3) is 7.34. The molecule has 0 aliphatic carbocycles. The minimum atomic E-state index is -0.553. The van der Waals surface area contributed by atoms with Gasteiger partial charge in [-0.1, -0.05) is 6.07 Å². The van der Waals surface area contributed by atoms with Gasteiger partial charge in [-0.25, -0.2) is 0 Å². The van der Waals surface area contributed by atoms with E-state index in [0.717, 1.165) is 30.9 Å². The molecule has 1 heterocycles. The zero-order chi connectivity index (χ0) is 21.4. The number of nitrogens with one attached hydrogen (secondary N) is 1. The Morgan fingerprint density at radius 3 is 2.59 bits per heavy atom. The van der Waals surface area contributed by atoms with Crippen LogP contribution in [0.25, 0.3) is 0 Å². The second-order valence-corrected chi connectivity index (χ2v) is 7.81. The van der Waals surface area contributed by atoms with Gasteiger partial charge in [0, 0.05) is 31.4 Å². The minimum absolute atomic E-state index is 0.230. The first-order chi connectivity index (χ1) is 13.8. The molecule has 0 saturated carbocycles. The van der Waals surface area contributed by atoms with E-state index in [0.29, 0.717) is 24.1 Å². The second-order valence-electron chi connectivity index (χ2n) is 7.81. The van der Waals surface area contributed by atoms with Gasteiger partial charge in [0.15, 0.2) is 11.5 Å². The Morgan fingerprint density at radius 1 is 1.21 bits per heavy atom. The van der Waals surface area contributed by atoms with Crippen LogP contribution in [0, 0.1) is 13.8 Å². The Balaban J connectivity index is 1.82. The number of aromatic nitrogens is 2. The molecule has 1 aromatic heterocycles. The molecule has 0 bridgehead atoms. The Hall–Kier alpha value is -2.09. The van der Waals surface area contributed by atoms with Gasteiger partial charge in [0.2, 0.25) is 0 Å². The summed E-state index contributed by atoms with van der Waals surface area (Å²) in [7, 11) is 3.62. The Morgan fingerprint density at radius 2 is 1.97 bits per heavy atom. The van der Waals surface area contributed by atoms with Crippen molar-refractivity contribution in [2.75, 3.05) is 33.9 Å². The van der Waals surface area contributed by atoms with Crippen LogP contribution in [0.15, 0.2) is 24.3 Å². The second kappa shape index (κ2) is 11.2. The van der Waals surface area contributed by atoms with Crippen molar-refractivity contribution in [3.05, 3.63) is 41.2 Å². The summed E-state index contributed by atoms with van der Waals surface area (Å²) in [6.07, 6.45) is -0.553. The third-order valence-corrected chi connectivity index (χ3v) is 4.97. The monoisotopic (exact) mass is 404 g/mol. The van der Waals surface area contributed by atoms with E-state index >= 15 is 0 Å². The molecule has 0 spiro atoms. The van der Waals surface area contributed by atoms with Crippen LogP contribution in [0.2, 0.25) is 0 Å². The van der Waals surface area contributed by atoms with Crippen molar-refractivity contribution in [1.29, 1.82) is 0 Å². The van der Waals surface area contributed by atoms with E-state index in [-0.39, 0.29) is 6.61 Å². The first kappa shape index (κ1) is 23.2. The Labute approximate surface area is 174 Å². The van der Waals surface area contributed by atoms with E-state index in [1.807, 2.05) is 36.9 Å². The van der Waals surface area contributed by atoms with Crippen LogP contribution < -0.4 is 14.8 Å². The lowest BCUT2D eigenvalue weighted by Gasteiger charge is -2.24. The predicted molar refractivity (Wildman–Crippen MR) is 116 cm³/mol. The summed E-state index contributed by atoms with van der Waals surface area (Å²) in [5.41, 5.74) is 3.33. The van der Waals surface area contributed by atoms with Gasteiger partial charge in [-0.3, -0.25) is 4.68 Å². The van der Waals surface area contributed by atoms with Crippen LogP contribution in [-0.2, 0) is 13.1 Å². The van der Waals surface area contributed by atoms with E-state index in [4.69, 9.17) is 9.47 Å². The molecule has 0 aliphatic rings. The third-order valence-electron chi connectivity index (χ3n) is 4.97. The van der Waals surface area contributed by atoms with Crippen LogP contribution in [-0.4, -0.2) is 65.8 Å². The summed E-state index contributed by atoms with van der Waals surface area (Å²) < 4.78 is 13.3. The standard InChI is InChI=1S/C22H36N4O3/c1-16(2)25(5)14-20(27)15-29-21-8-7-19(12-22(21)28-6)13-23-9-10-26-18(4)11-17(3)24-26/h7-8,11-12,16,20,23,27H,9-10,13-15H2,1-6H3/t20-/m0/s1. The topological polar surface area (TPSA) is 71.8 Å². The maximum Gasteiger partial charge on any atom is 0.161 e. The molecule has 0 saturated heterocycles. The number of methoxy groups -OCH3 is 1. The number of aryl methyl sites for hydroxylation is 2. The van der Waals surface area contributed by atoms with Gasteiger partial charge in [-0.05, 0) is 58.5 Å². The van der Waals surface area contributed by atoms with Gasteiger partial charge in [-0.15, -0.1) is 0 Å². The predicted octanol–water partition coefficient (Wildman–Crippen LogP) is 2.38. The normalized spacial score (nSPS) is 12.6. The number of aliphatic hydroxyl groups is 1. The zero-order valence-corrected chi connectivity index (χ0v) is 18.6. The molecule has 0 fully saturated rings. The fourth-order valence-corrected chi connectivity index (χ4v) is 3.04. The summed E-state index contributed by atoms with van der Waals surface area (Å²) in [6, 6.07) is 8.35. The van der Waals surface area contributed by atoms with E-state index in [2.05, 4.69) is 42.2 Å². The van der Waals surface area contributed by atoms with Crippen LogP contribution in [0.5, 0.6) is 11.5 Å². The Bertz CT molecular complexity index is 761. The fraction of sp³-hybridized carbons (Fsp3) is 0.591. The molecule has 0 radical (unpaired) electrons. The van der Waals surface area contributed by atoms with Crippen LogP contribution in [0.4, 0.5) is 0 Å². The number of hydrogen-bond donors (Lipinski definition) is 2. The first-order valence-electron chi connectivity index (χ1n) is 10.2. The zero-order valence-electron chi connectivity index (χ0n) is 18.6. The van der Waals surface area contributed by atoms with Crippen molar-refractivity contribution >= 4 is 0 Å². The average molecular weight is 405 g/mol. The summed E-state index contributed by atoms with van der Waals surface area (Å²) >= 11 is 0. The number of nitrogens with zero attached hydrogens (tertiary/aromatic N) is 3. The molecule has 0 aliphatic heterocycles. The summed E-state index contributed by atoms with van der Waals surface area (Å²) in [4.78, 5) is 2.09. The molecule has 2 aromatic rings. The maximum atomic E-state index is 10.2. The molecule has 2 N–H and O–H groups in total. The van der Waals surface area contributed by atoms with Crippen molar-refractivity contribution in [2.24, 2.45) is 0 Å². The first-order valence-corrected chi connectivity index (χ1v) is 10.2. The van der Waals surface area contributed by atoms with Crippen molar-refractivity contribution < 1.29 is 14.6 Å². The molecular formula is C22H36N4O3. The maximum absolute atomic E-state index is 10.2. The average Bonchev–Trinajstić information content (AvgIpc) is 3.00. The lowest BCUT2D eigenvalue weighted by atomic mass is 10.2. The van der Waals surface area contributed by atoms with Crippen LogP contribution in [0.3, 0.4) is 0 Å². The van der Waals surface area contributed by atoms with Crippen molar-refractivity contribution in [1.82, 2.24) is 20.0 Å². The Kier molecular flexibility index (Phi) is 8.95. The van der Waals surface area contributed by atoms with Gasteiger partial charge < -0.3 is 24.8 Å². The lowest BCUT2D eigenvalue weighted by molar-refractivity contribution is 0.0668. The molecule has 0 unspecified atom stereocenters.